The van der Waals surface area contributed by atoms with Gasteiger partial charge >= 0.3 is 0 Å². The standard InChI is InChI=1S/C11H23NS/c1-6-7-8-9-10(2)12-11(3,4)13-5/h12H,2,6-9H2,1,3-5H3. The molecule has 0 rings (SSSR count). The number of nitrogens with one attached hydrogen (secondary N) is 1. The third kappa shape index (κ3) is 7.00. The fourth-order valence-corrected chi connectivity index (χ4v) is 1.37. The Morgan fingerprint density at radius 2 is 2.00 bits per heavy atom. The predicted molar refractivity (Wildman–Crippen MR) is 64.0 cm³/mol. The van der Waals surface area contributed by atoms with Crippen LogP contribution in [-0.2, 0) is 0 Å². The molecule has 0 aromatic rings. The summed E-state index contributed by atoms with van der Waals surface area (Å²) < 4.78 is 0. The van der Waals surface area contributed by atoms with E-state index in [1.54, 1.807) is 0 Å². The van der Waals surface area contributed by atoms with Gasteiger partial charge in [0, 0.05) is 5.70 Å². The molecule has 0 fully saturated rings. The third-order valence-corrected chi connectivity index (χ3v) is 3.19. The lowest BCUT2D eigenvalue weighted by Gasteiger charge is -2.26. The van der Waals surface area contributed by atoms with Gasteiger partial charge in [0.25, 0.3) is 0 Å². The first kappa shape index (κ1) is 12.9. The van der Waals surface area contributed by atoms with Crippen molar-refractivity contribution in [1.82, 2.24) is 5.32 Å². The Morgan fingerprint density at radius 3 is 2.46 bits per heavy atom. The molecule has 0 aliphatic rings. The Labute approximate surface area is 87.4 Å². The van der Waals surface area contributed by atoms with Crippen LogP contribution >= 0.6 is 11.8 Å². The predicted octanol–water partition coefficient (Wildman–Crippen LogP) is 3.77. The quantitative estimate of drug-likeness (QED) is 0.497. The molecular weight excluding hydrogens is 178 g/mol. The fraction of sp³-hybridized carbons (Fsp3) is 0.818. The highest BCUT2D eigenvalue weighted by atomic mass is 32.2. The van der Waals surface area contributed by atoms with E-state index in [9.17, 15) is 0 Å². The topological polar surface area (TPSA) is 12.0 Å². The third-order valence-electron chi connectivity index (χ3n) is 2.07. The second kappa shape index (κ2) is 6.36. The monoisotopic (exact) mass is 201 g/mol. The van der Waals surface area contributed by atoms with Crippen LogP contribution < -0.4 is 5.32 Å². The van der Waals surface area contributed by atoms with Gasteiger partial charge in [-0.1, -0.05) is 26.3 Å². The van der Waals surface area contributed by atoms with Crippen LogP contribution in [0.15, 0.2) is 12.3 Å². The first-order chi connectivity index (χ1) is 6.02. The van der Waals surface area contributed by atoms with Crippen LogP contribution in [0, 0.1) is 0 Å². The maximum Gasteiger partial charge on any atom is 0.0771 e. The van der Waals surface area contributed by atoms with Crippen molar-refractivity contribution >= 4 is 11.8 Å². The number of unbranched alkanes of at least 4 members (excludes halogenated alkanes) is 2. The molecule has 78 valence electrons. The van der Waals surface area contributed by atoms with E-state index in [1.807, 2.05) is 11.8 Å². The number of allylic oxidation sites excluding steroid dienone is 1. The molecule has 1 nitrogen and oxygen atoms in total. The molecular formula is C11H23NS. The van der Waals surface area contributed by atoms with Gasteiger partial charge in [0.05, 0.1) is 4.87 Å². The smallest absolute Gasteiger partial charge is 0.0771 e. The molecule has 0 saturated heterocycles. The first-order valence-corrected chi connectivity index (χ1v) is 6.25. The zero-order valence-corrected chi connectivity index (χ0v) is 10.3. The summed E-state index contributed by atoms with van der Waals surface area (Å²) in [4.78, 5) is 0.128. The minimum absolute atomic E-state index is 0.128. The van der Waals surface area contributed by atoms with E-state index in [4.69, 9.17) is 0 Å². The molecule has 1 N–H and O–H groups in total. The van der Waals surface area contributed by atoms with Gasteiger partial charge in [0.1, 0.15) is 0 Å². The van der Waals surface area contributed by atoms with Crippen molar-refractivity contribution < 1.29 is 0 Å². The number of hydrogen-bond donors (Lipinski definition) is 1. The molecule has 0 aliphatic heterocycles. The van der Waals surface area contributed by atoms with Crippen molar-refractivity contribution in [3.8, 4) is 0 Å². The van der Waals surface area contributed by atoms with Gasteiger partial charge in [-0.15, -0.1) is 11.8 Å². The van der Waals surface area contributed by atoms with Gasteiger partial charge in [-0.3, -0.25) is 0 Å². The SMILES string of the molecule is C=C(CCCCC)NC(C)(C)SC. The molecule has 0 saturated carbocycles. The summed E-state index contributed by atoms with van der Waals surface area (Å²) >= 11 is 1.82. The first-order valence-electron chi connectivity index (χ1n) is 5.03. The van der Waals surface area contributed by atoms with Gasteiger partial charge in [0.15, 0.2) is 0 Å². The van der Waals surface area contributed by atoms with Crippen LogP contribution in [0.3, 0.4) is 0 Å². The molecule has 2 heteroatoms. The Morgan fingerprint density at radius 1 is 1.38 bits per heavy atom. The van der Waals surface area contributed by atoms with E-state index in [0.717, 1.165) is 6.42 Å². The lowest BCUT2D eigenvalue weighted by atomic mass is 10.1. The average molecular weight is 201 g/mol. The Hall–Kier alpha value is -0.110. The van der Waals surface area contributed by atoms with Crippen LogP contribution in [0.2, 0.25) is 0 Å². The highest BCUT2D eigenvalue weighted by molar-refractivity contribution is 7.99. The molecule has 0 amide bonds. The summed E-state index contributed by atoms with van der Waals surface area (Å²) in [6.07, 6.45) is 7.07. The lowest BCUT2D eigenvalue weighted by molar-refractivity contribution is 0.578. The Kier molecular flexibility index (Phi) is 6.31. The van der Waals surface area contributed by atoms with Crippen molar-refractivity contribution in [1.29, 1.82) is 0 Å². The maximum absolute atomic E-state index is 4.04. The zero-order valence-electron chi connectivity index (χ0n) is 9.44. The van der Waals surface area contributed by atoms with Crippen molar-refractivity contribution in [3.63, 3.8) is 0 Å². The van der Waals surface area contributed by atoms with Gasteiger partial charge in [-0.05, 0) is 32.9 Å². The summed E-state index contributed by atoms with van der Waals surface area (Å²) in [7, 11) is 0. The molecule has 13 heavy (non-hydrogen) atoms. The molecule has 0 aliphatic carbocycles. The molecule has 0 atom stereocenters. The van der Waals surface area contributed by atoms with E-state index in [-0.39, 0.29) is 4.87 Å². The Balaban J connectivity index is 3.62. The second-order valence-electron chi connectivity index (χ2n) is 3.90. The van der Waals surface area contributed by atoms with Crippen LogP contribution in [0.5, 0.6) is 0 Å². The molecule has 0 aromatic heterocycles. The molecule has 0 heterocycles. The van der Waals surface area contributed by atoms with Gasteiger partial charge in [-0.25, -0.2) is 0 Å². The van der Waals surface area contributed by atoms with Crippen LogP contribution in [0.4, 0.5) is 0 Å². The van der Waals surface area contributed by atoms with Crippen molar-refractivity contribution in [2.45, 2.75) is 51.3 Å². The Bertz CT molecular complexity index is 152. The van der Waals surface area contributed by atoms with Crippen LogP contribution in [0.25, 0.3) is 0 Å². The highest BCUT2D eigenvalue weighted by Crippen LogP contribution is 2.19. The number of hydrogen-bond acceptors (Lipinski definition) is 2. The molecule has 0 radical (unpaired) electrons. The number of thioether (sulfide) groups is 1. The van der Waals surface area contributed by atoms with Crippen molar-refractivity contribution in [2.75, 3.05) is 6.26 Å². The van der Waals surface area contributed by atoms with E-state index in [1.165, 1.54) is 25.0 Å². The van der Waals surface area contributed by atoms with Gasteiger partial charge in [-0.2, -0.15) is 0 Å². The molecule has 0 spiro atoms. The summed E-state index contributed by atoms with van der Waals surface area (Å²) in [5.74, 6) is 0. The van der Waals surface area contributed by atoms with E-state index in [2.05, 4.69) is 38.9 Å². The van der Waals surface area contributed by atoms with Crippen LogP contribution in [-0.4, -0.2) is 11.1 Å². The van der Waals surface area contributed by atoms with Crippen LogP contribution in [0.1, 0.15) is 46.5 Å². The zero-order chi connectivity index (χ0) is 10.3. The maximum atomic E-state index is 4.04. The molecule has 0 unspecified atom stereocenters. The minimum Gasteiger partial charge on any atom is -0.375 e. The highest BCUT2D eigenvalue weighted by Gasteiger charge is 2.14. The average Bonchev–Trinajstić information content (AvgIpc) is 2.04. The summed E-state index contributed by atoms with van der Waals surface area (Å²) in [5.41, 5.74) is 1.17. The van der Waals surface area contributed by atoms with E-state index in [0.29, 0.717) is 0 Å². The largest absolute Gasteiger partial charge is 0.375 e. The van der Waals surface area contributed by atoms with E-state index < -0.39 is 0 Å². The summed E-state index contributed by atoms with van der Waals surface area (Å²) in [6, 6.07) is 0. The van der Waals surface area contributed by atoms with Gasteiger partial charge < -0.3 is 5.32 Å². The molecule has 0 aromatic carbocycles. The summed E-state index contributed by atoms with van der Waals surface area (Å²) in [5, 5.41) is 3.43. The summed E-state index contributed by atoms with van der Waals surface area (Å²) in [6.45, 7) is 10.6. The number of rotatable bonds is 7. The minimum atomic E-state index is 0.128. The van der Waals surface area contributed by atoms with Gasteiger partial charge in [0.2, 0.25) is 0 Å². The second-order valence-corrected chi connectivity index (χ2v) is 5.33. The lowest BCUT2D eigenvalue weighted by Crippen LogP contribution is -2.34. The van der Waals surface area contributed by atoms with Crippen molar-refractivity contribution in [2.24, 2.45) is 0 Å². The van der Waals surface area contributed by atoms with Crippen molar-refractivity contribution in [3.05, 3.63) is 12.3 Å². The fourth-order valence-electron chi connectivity index (χ4n) is 1.13. The molecule has 0 bridgehead atoms. The normalized spacial score (nSPS) is 11.4. The van der Waals surface area contributed by atoms with E-state index >= 15 is 0 Å².